The van der Waals surface area contributed by atoms with Crippen LogP contribution >= 0.6 is 0 Å². The molecule has 0 aliphatic carbocycles. The largest absolute Gasteiger partial charge is 0.468 e. The van der Waals surface area contributed by atoms with E-state index in [1.165, 1.54) is 12.0 Å². The van der Waals surface area contributed by atoms with Crippen LogP contribution in [0.25, 0.3) is 0 Å². The van der Waals surface area contributed by atoms with Crippen molar-refractivity contribution in [2.45, 2.75) is 39.3 Å². The molecular formula is C18H23NO4. The van der Waals surface area contributed by atoms with E-state index in [0.29, 0.717) is 11.7 Å². The average molecular weight is 317 g/mol. The molecule has 0 radical (unpaired) electrons. The van der Waals surface area contributed by atoms with Gasteiger partial charge in [-0.1, -0.05) is 29.8 Å². The molecule has 0 bridgehead atoms. The fourth-order valence-electron chi connectivity index (χ4n) is 2.57. The SMILES string of the molecule is COc1ccc(C(c2ccc(C)cc2)N(C(=O)O)C(C)(C)C)o1. The van der Waals surface area contributed by atoms with Crippen molar-refractivity contribution in [3.8, 4) is 5.95 Å². The molecule has 5 heteroatoms. The van der Waals surface area contributed by atoms with Gasteiger partial charge in [0.1, 0.15) is 11.8 Å². The summed E-state index contributed by atoms with van der Waals surface area (Å²) in [5, 5.41) is 9.77. The summed E-state index contributed by atoms with van der Waals surface area (Å²) in [7, 11) is 1.52. The lowest BCUT2D eigenvalue weighted by Crippen LogP contribution is -2.47. The number of amides is 1. The minimum absolute atomic E-state index is 0.358. The van der Waals surface area contributed by atoms with E-state index in [2.05, 4.69) is 0 Å². The Hall–Kier alpha value is -2.43. The Morgan fingerprint density at radius 1 is 1.17 bits per heavy atom. The molecule has 5 nitrogen and oxygen atoms in total. The van der Waals surface area contributed by atoms with Gasteiger partial charge in [0, 0.05) is 11.6 Å². The van der Waals surface area contributed by atoms with Gasteiger partial charge in [0.05, 0.1) is 7.11 Å². The number of rotatable bonds is 4. The summed E-state index contributed by atoms with van der Waals surface area (Å²) in [6.45, 7) is 7.58. The zero-order valence-corrected chi connectivity index (χ0v) is 14.2. The number of ether oxygens (including phenoxy) is 1. The number of carboxylic acid groups (broad SMARTS) is 1. The minimum atomic E-state index is -1.00. The van der Waals surface area contributed by atoms with Crippen molar-refractivity contribution in [2.75, 3.05) is 7.11 Å². The maximum absolute atomic E-state index is 11.9. The molecular weight excluding hydrogens is 294 g/mol. The molecule has 0 fully saturated rings. The third-order valence-corrected chi connectivity index (χ3v) is 3.65. The predicted molar refractivity (Wildman–Crippen MR) is 87.9 cm³/mol. The van der Waals surface area contributed by atoms with E-state index in [0.717, 1.165) is 11.1 Å². The van der Waals surface area contributed by atoms with Gasteiger partial charge in [0.2, 0.25) is 0 Å². The van der Waals surface area contributed by atoms with Crippen LogP contribution in [0.5, 0.6) is 5.95 Å². The lowest BCUT2D eigenvalue weighted by Gasteiger charge is -2.38. The van der Waals surface area contributed by atoms with Crippen LogP contribution in [-0.2, 0) is 0 Å². The van der Waals surface area contributed by atoms with E-state index in [1.807, 2.05) is 52.0 Å². The highest BCUT2D eigenvalue weighted by Crippen LogP contribution is 2.36. The van der Waals surface area contributed by atoms with E-state index in [-0.39, 0.29) is 0 Å². The van der Waals surface area contributed by atoms with Crippen LogP contribution in [0.1, 0.15) is 43.7 Å². The smallest absolute Gasteiger partial charge is 0.408 e. The number of benzene rings is 1. The van der Waals surface area contributed by atoms with Crippen LogP contribution in [0.4, 0.5) is 4.79 Å². The van der Waals surface area contributed by atoms with Crippen LogP contribution in [0.2, 0.25) is 0 Å². The van der Waals surface area contributed by atoms with Gasteiger partial charge in [-0.2, -0.15) is 0 Å². The Morgan fingerprint density at radius 2 is 1.78 bits per heavy atom. The molecule has 1 aromatic heterocycles. The molecule has 1 heterocycles. The number of carbonyl (C=O) groups is 1. The number of nitrogens with zero attached hydrogens (tertiary/aromatic N) is 1. The number of hydrogen-bond acceptors (Lipinski definition) is 3. The first-order chi connectivity index (χ1) is 10.7. The highest BCUT2D eigenvalue weighted by atomic mass is 16.6. The van der Waals surface area contributed by atoms with Gasteiger partial charge < -0.3 is 14.3 Å². The Labute approximate surface area is 136 Å². The van der Waals surface area contributed by atoms with Crippen molar-refractivity contribution in [3.05, 3.63) is 53.3 Å². The first-order valence-electron chi connectivity index (χ1n) is 7.46. The Kier molecular flexibility index (Phi) is 4.68. The van der Waals surface area contributed by atoms with Gasteiger partial charge in [-0.05, 0) is 39.3 Å². The van der Waals surface area contributed by atoms with Crippen LogP contribution in [0.15, 0.2) is 40.8 Å². The lowest BCUT2D eigenvalue weighted by molar-refractivity contribution is 0.0734. The van der Waals surface area contributed by atoms with E-state index in [4.69, 9.17) is 9.15 Å². The van der Waals surface area contributed by atoms with Gasteiger partial charge in [-0.25, -0.2) is 4.79 Å². The molecule has 0 saturated heterocycles. The van der Waals surface area contributed by atoms with E-state index in [9.17, 15) is 9.90 Å². The van der Waals surface area contributed by atoms with Crippen molar-refractivity contribution in [1.82, 2.24) is 4.90 Å². The monoisotopic (exact) mass is 317 g/mol. The molecule has 1 atom stereocenters. The standard InChI is InChI=1S/C18H23NO4/c1-12-6-8-13(9-7-12)16(14-10-11-15(22-5)23-14)19(17(20)21)18(2,3)4/h6-11,16H,1-5H3,(H,20,21). The Morgan fingerprint density at radius 3 is 2.22 bits per heavy atom. The summed E-state index contributed by atoms with van der Waals surface area (Å²) in [4.78, 5) is 13.3. The van der Waals surface area contributed by atoms with Crippen molar-refractivity contribution >= 4 is 6.09 Å². The van der Waals surface area contributed by atoms with Gasteiger partial charge in [-0.3, -0.25) is 4.90 Å². The third-order valence-electron chi connectivity index (χ3n) is 3.65. The summed E-state index contributed by atoms with van der Waals surface area (Å²) >= 11 is 0. The first-order valence-corrected chi connectivity index (χ1v) is 7.46. The van der Waals surface area contributed by atoms with Gasteiger partial charge in [-0.15, -0.1) is 0 Å². The molecule has 1 amide bonds. The summed E-state index contributed by atoms with van der Waals surface area (Å²) in [5.74, 6) is 0.888. The van der Waals surface area contributed by atoms with E-state index < -0.39 is 17.7 Å². The maximum atomic E-state index is 11.9. The zero-order chi connectivity index (χ0) is 17.2. The molecule has 2 rings (SSSR count). The molecule has 1 aromatic carbocycles. The Balaban J connectivity index is 2.58. The molecule has 0 aliphatic heterocycles. The molecule has 124 valence electrons. The van der Waals surface area contributed by atoms with Gasteiger partial charge in [0.25, 0.3) is 5.95 Å². The van der Waals surface area contributed by atoms with Crippen LogP contribution in [0, 0.1) is 6.92 Å². The molecule has 2 aromatic rings. The average Bonchev–Trinajstić information content (AvgIpc) is 2.92. The van der Waals surface area contributed by atoms with Crippen molar-refractivity contribution in [2.24, 2.45) is 0 Å². The normalized spacial score (nSPS) is 12.7. The second-order valence-electron chi connectivity index (χ2n) is 6.50. The molecule has 1 unspecified atom stereocenters. The summed E-state index contributed by atoms with van der Waals surface area (Å²) < 4.78 is 10.8. The molecule has 0 aliphatic rings. The highest BCUT2D eigenvalue weighted by molar-refractivity contribution is 5.67. The number of furan rings is 1. The zero-order valence-electron chi connectivity index (χ0n) is 14.2. The van der Waals surface area contributed by atoms with Crippen LogP contribution in [0.3, 0.4) is 0 Å². The molecule has 0 saturated carbocycles. The summed E-state index contributed by atoms with van der Waals surface area (Å²) in [6, 6.07) is 10.7. The van der Waals surface area contributed by atoms with E-state index in [1.54, 1.807) is 12.1 Å². The summed E-state index contributed by atoms with van der Waals surface area (Å²) in [5.41, 5.74) is 1.37. The fourth-order valence-corrected chi connectivity index (χ4v) is 2.57. The fraction of sp³-hybridized carbons (Fsp3) is 0.389. The topological polar surface area (TPSA) is 62.9 Å². The quantitative estimate of drug-likeness (QED) is 0.904. The minimum Gasteiger partial charge on any atom is -0.468 e. The Bertz CT molecular complexity index is 667. The second-order valence-corrected chi connectivity index (χ2v) is 6.50. The second kappa shape index (κ2) is 6.36. The molecule has 0 spiro atoms. The van der Waals surface area contributed by atoms with Crippen molar-refractivity contribution in [3.63, 3.8) is 0 Å². The molecule has 1 N–H and O–H groups in total. The molecule has 23 heavy (non-hydrogen) atoms. The summed E-state index contributed by atoms with van der Waals surface area (Å²) in [6.07, 6.45) is -1.00. The van der Waals surface area contributed by atoms with Crippen molar-refractivity contribution < 1.29 is 19.1 Å². The van der Waals surface area contributed by atoms with Crippen molar-refractivity contribution in [1.29, 1.82) is 0 Å². The lowest BCUT2D eigenvalue weighted by atomic mass is 9.96. The number of hydrogen-bond donors (Lipinski definition) is 1. The van der Waals surface area contributed by atoms with Crippen LogP contribution in [-0.4, -0.2) is 28.7 Å². The number of methoxy groups -OCH3 is 1. The predicted octanol–water partition coefficient (Wildman–Crippen LogP) is 4.46. The van der Waals surface area contributed by atoms with Gasteiger partial charge >= 0.3 is 6.09 Å². The highest BCUT2D eigenvalue weighted by Gasteiger charge is 2.37. The number of aryl methyl sites for hydroxylation is 1. The van der Waals surface area contributed by atoms with Gasteiger partial charge in [0.15, 0.2) is 0 Å². The first kappa shape index (κ1) is 16.9. The van der Waals surface area contributed by atoms with E-state index >= 15 is 0 Å². The van der Waals surface area contributed by atoms with Crippen LogP contribution < -0.4 is 4.74 Å². The third kappa shape index (κ3) is 3.67. The maximum Gasteiger partial charge on any atom is 0.408 e.